The number of nitrogens with zero attached hydrogens (tertiary/aromatic N) is 2. The van der Waals surface area contributed by atoms with Gasteiger partial charge in [-0.2, -0.15) is 0 Å². The van der Waals surface area contributed by atoms with Crippen LogP contribution in [0.4, 0.5) is 0 Å². The fourth-order valence-electron chi connectivity index (χ4n) is 2.26. The Balaban J connectivity index is 2.36. The van der Waals surface area contributed by atoms with Crippen LogP contribution in [-0.2, 0) is 24.2 Å². The Bertz CT molecular complexity index is 396. The fourth-order valence-corrected chi connectivity index (χ4v) is 2.26. The fraction of sp³-hybridized carbons (Fsp3) is 0.636. The maximum Gasteiger partial charge on any atom is 0.309 e. The highest BCUT2D eigenvalue weighted by Crippen LogP contribution is 2.24. The predicted octanol–water partition coefficient (Wildman–Crippen LogP) is 1.40. The van der Waals surface area contributed by atoms with Gasteiger partial charge in [0.25, 0.3) is 0 Å². The standard InChI is InChI=1S/C11H16N2O2/c1-7-3-4-13-8(2)12-9(6-11(14)15)10(13)5-7/h7H,3-6H2,1-2H3,(H,14,15). The summed E-state index contributed by atoms with van der Waals surface area (Å²) in [7, 11) is 0. The summed E-state index contributed by atoms with van der Waals surface area (Å²) in [5.41, 5.74) is 1.89. The Labute approximate surface area is 88.9 Å². The quantitative estimate of drug-likeness (QED) is 0.799. The van der Waals surface area contributed by atoms with Gasteiger partial charge in [-0.05, 0) is 25.7 Å². The number of imidazole rings is 1. The van der Waals surface area contributed by atoms with Crippen molar-refractivity contribution in [2.45, 2.75) is 39.7 Å². The monoisotopic (exact) mass is 208 g/mol. The number of fused-ring (bicyclic) bond motifs is 1. The molecule has 0 amide bonds. The van der Waals surface area contributed by atoms with Crippen molar-refractivity contribution < 1.29 is 9.90 Å². The molecule has 1 aliphatic rings. The normalized spacial score (nSPS) is 20.0. The number of hydrogen-bond acceptors (Lipinski definition) is 2. The number of aromatic nitrogens is 2. The minimum atomic E-state index is -0.797. The van der Waals surface area contributed by atoms with Crippen LogP contribution < -0.4 is 0 Å². The lowest BCUT2D eigenvalue weighted by Crippen LogP contribution is -2.19. The van der Waals surface area contributed by atoms with E-state index in [1.54, 1.807) is 0 Å². The van der Waals surface area contributed by atoms with Gasteiger partial charge in [-0.1, -0.05) is 6.92 Å². The van der Waals surface area contributed by atoms with Gasteiger partial charge in [0, 0.05) is 12.2 Å². The first-order valence-corrected chi connectivity index (χ1v) is 5.34. The van der Waals surface area contributed by atoms with Gasteiger partial charge in [-0.3, -0.25) is 4.79 Å². The van der Waals surface area contributed by atoms with Crippen molar-refractivity contribution in [2.75, 3.05) is 0 Å². The second-order valence-electron chi connectivity index (χ2n) is 4.37. The van der Waals surface area contributed by atoms with Crippen LogP contribution in [0, 0.1) is 12.8 Å². The van der Waals surface area contributed by atoms with Crippen LogP contribution in [0.2, 0.25) is 0 Å². The Morgan fingerprint density at radius 3 is 3.07 bits per heavy atom. The van der Waals surface area contributed by atoms with E-state index in [0.717, 1.165) is 36.6 Å². The molecule has 0 saturated heterocycles. The molecule has 1 N–H and O–H groups in total. The molecule has 1 aliphatic heterocycles. The maximum atomic E-state index is 10.7. The van der Waals surface area contributed by atoms with Crippen LogP contribution in [0.1, 0.15) is 30.6 Å². The van der Waals surface area contributed by atoms with Gasteiger partial charge in [0.05, 0.1) is 12.1 Å². The van der Waals surface area contributed by atoms with Gasteiger partial charge >= 0.3 is 5.97 Å². The average molecular weight is 208 g/mol. The van der Waals surface area contributed by atoms with Crippen molar-refractivity contribution in [1.29, 1.82) is 0 Å². The first-order valence-electron chi connectivity index (χ1n) is 5.34. The summed E-state index contributed by atoms with van der Waals surface area (Å²) in [6.45, 7) is 5.14. The number of hydrogen-bond donors (Lipinski definition) is 1. The third kappa shape index (κ3) is 1.89. The highest BCUT2D eigenvalue weighted by Gasteiger charge is 2.22. The summed E-state index contributed by atoms with van der Waals surface area (Å²) in [5.74, 6) is 0.795. The smallest absolute Gasteiger partial charge is 0.309 e. The van der Waals surface area contributed by atoms with E-state index in [-0.39, 0.29) is 6.42 Å². The van der Waals surface area contributed by atoms with Gasteiger partial charge in [0.1, 0.15) is 5.82 Å². The Kier molecular flexibility index (Phi) is 2.50. The van der Waals surface area contributed by atoms with Crippen LogP contribution in [-0.4, -0.2) is 20.6 Å². The van der Waals surface area contributed by atoms with E-state index in [4.69, 9.17) is 5.11 Å². The predicted molar refractivity (Wildman–Crippen MR) is 55.8 cm³/mol. The van der Waals surface area contributed by atoms with E-state index >= 15 is 0 Å². The molecule has 1 unspecified atom stereocenters. The van der Waals surface area contributed by atoms with Gasteiger partial charge in [0.15, 0.2) is 0 Å². The molecule has 0 radical (unpaired) electrons. The number of carbonyl (C=O) groups is 1. The number of carboxylic acid groups (broad SMARTS) is 1. The van der Waals surface area contributed by atoms with Crippen LogP contribution in [0.15, 0.2) is 0 Å². The largest absolute Gasteiger partial charge is 0.481 e. The van der Waals surface area contributed by atoms with Crippen LogP contribution in [0.5, 0.6) is 0 Å². The second-order valence-corrected chi connectivity index (χ2v) is 4.37. The number of aliphatic carboxylic acids is 1. The van der Waals surface area contributed by atoms with E-state index < -0.39 is 5.97 Å². The van der Waals surface area contributed by atoms with E-state index in [2.05, 4.69) is 16.5 Å². The third-order valence-corrected chi connectivity index (χ3v) is 3.05. The molecule has 0 fully saturated rings. The van der Waals surface area contributed by atoms with Gasteiger partial charge in [-0.25, -0.2) is 4.98 Å². The summed E-state index contributed by atoms with van der Waals surface area (Å²) in [4.78, 5) is 15.0. The molecular weight excluding hydrogens is 192 g/mol. The molecule has 1 aromatic rings. The summed E-state index contributed by atoms with van der Waals surface area (Å²) in [5, 5.41) is 8.79. The molecule has 1 atom stereocenters. The van der Waals surface area contributed by atoms with E-state index in [9.17, 15) is 4.79 Å². The summed E-state index contributed by atoms with van der Waals surface area (Å²) < 4.78 is 2.16. The molecular formula is C11H16N2O2. The van der Waals surface area contributed by atoms with Gasteiger partial charge in [-0.15, -0.1) is 0 Å². The van der Waals surface area contributed by atoms with Crippen molar-refractivity contribution in [3.05, 3.63) is 17.2 Å². The van der Waals surface area contributed by atoms with Gasteiger partial charge < -0.3 is 9.67 Å². The van der Waals surface area contributed by atoms with Crippen molar-refractivity contribution in [2.24, 2.45) is 5.92 Å². The van der Waals surface area contributed by atoms with Crippen molar-refractivity contribution >= 4 is 5.97 Å². The molecule has 0 aromatic carbocycles. The zero-order chi connectivity index (χ0) is 11.0. The van der Waals surface area contributed by atoms with Crippen molar-refractivity contribution in [3.8, 4) is 0 Å². The molecule has 0 spiro atoms. The van der Waals surface area contributed by atoms with Crippen molar-refractivity contribution in [1.82, 2.24) is 9.55 Å². The summed E-state index contributed by atoms with van der Waals surface area (Å²) in [6.07, 6.45) is 2.18. The highest BCUT2D eigenvalue weighted by atomic mass is 16.4. The Hall–Kier alpha value is -1.32. The topological polar surface area (TPSA) is 55.1 Å². The first-order chi connectivity index (χ1) is 7.08. The Morgan fingerprint density at radius 2 is 2.40 bits per heavy atom. The minimum absolute atomic E-state index is 0.0515. The van der Waals surface area contributed by atoms with E-state index in [0.29, 0.717) is 5.92 Å². The average Bonchev–Trinajstić information content (AvgIpc) is 2.42. The number of carboxylic acids is 1. The molecule has 2 heterocycles. The molecule has 82 valence electrons. The van der Waals surface area contributed by atoms with Crippen molar-refractivity contribution in [3.63, 3.8) is 0 Å². The molecule has 1 aromatic heterocycles. The van der Waals surface area contributed by atoms with Crippen LogP contribution in [0.25, 0.3) is 0 Å². The lowest BCUT2D eigenvalue weighted by Gasteiger charge is -2.22. The molecule has 15 heavy (non-hydrogen) atoms. The van der Waals surface area contributed by atoms with E-state index in [1.165, 1.54) is 0 Å². The zero-order valence-corrected chi connectivity index (χ0v) is 9.16. The molecule has 0 saturated carbocycles. The maximum absolute atomic E-state index is 10.7. The SMILES string of the molecule is Cc1nc(CC(=O)O)c2n1CCC(C)C2. The lowest BCUT2D eigenvalue weighted by molar-refractivity contribution is -0.136. The van der Waals surface area contributed by atoms with Crippen LogP contribution >= 0.6 is 0 Å². The van der Waals surface area contributed by atoms with Gasteiger partial charge in [0.2, 0.25) is 0 Å². The Morgan fingerprint density at radius 1 is 1.67 bits per heavy atom. The number of aryl methyl sites for hydroxylation is 1. The summed E-state index contributed by atoms with van der Waals surface area (Å²) in [6, 6.07) is 0. The molecule has 0 bridgehead atoms. The van der Waals surface area contributed by atoms with Crippen LogP contribution in [0.3, 0.4) is 0 Å². The molecule has 0 aliphatic carbocycles. The molecule has 4 nitrogen and oxygen atoms in total. The molecule has 2 rings (SSSR count). The molecule has 4 heteroatoms. The second kappa shape index (κ2) is 3.68. The highest BCUT2D eigenvalue weighted by molar-refractivity contribution is 5.70. The summed E-state index contributed by atoms with van der Waals surface area (Å²) >= 11 is 0. The van der Waals surface area contributed by atoms with E-state index in [1.807, 2.05) is 6.92 Å². The minimum Gasteiger partial charge on any atom is -0.481 e. The third-order valence-electron chi connectivity index (χ3n) is 3.05. The number of rotatable bonds is 2. The zero-order valence-electron chi connectivity index (χ0n) is 9.16. The first kappa shape index (κ1) is 10.2. The lowest BCUT2D eigenvalue weighted by atomic mass is 9.96.